The molecule has 2 saturated heterocycles. The summed E-state index contributed by atoms with van der Waals surface area (Å²) in [6.07, 6.45) is 1.36. The van der Waals surface area contributed by atoms with E-state index < -0.39 is 6.04 Å². The highest BCUT2D eigenvalue weighted by molar-refractivity contribution is 5.81. The summed E-state index contributed by atoms with van der Waals surface area (Å²) in [6.45, 7) is 5.10. The molecule has 0 bridgehead atoms. The van der Waals surface area contributed by atoms with E-state index in [-0.39, 0.29) is 30.4 Å². The molecule has 27 heavy (non-hydrogen) atoms. The predicted molar refractivity (Wildman–Crippen MR) is 102 cm³/mol. The molecule has 5 nitrogen and oxygen atoms in total. The van der Waals surface area contributed by atoms with E-state index >= 15 is 0 Å². The second-order valence-corrected chi connectivity index (χ2v) is 7.53. The molecule has 2 aliphatic rings. The van der Waals surface area contributed by atoms with Gasteiger partial charge >= 0.3 is 0 Å². The summed E-state index contributed by atoms with van der Waals surface area (Å²) in [5.41, 5.74) is 1.89. The van der Waals surface area contributed by atoms with Crippen molar-refractivity contribution in [2.24, 2.45) is 11.8 Å². The Labute approximate surface area is 160 Å². The van der Waals surface area contributed by atoms with Crippen LogP contribution in [0.3, 0.4) is 0 Å². The topological polar surface area (TPSA) is 73.6 Å². The number of likely N-dealkylation sites (tertiary alicyclic amines) is 1. The molecule has 2 heterocycles. The van der Waals surface area contributed by atoms with Gasteiger partial charge in [-0.1, -0.05) is 37.8 Å². The molecule has 1 amide bonds. The van der Waals surface area contributed by atoms with Gasteiger partial charge < -0.3 is 14.7 Å². The maximum atomic E-state index is 12.9. The van der Waals surface area contributed by atoms with Crippen LogP contribution in [-0.2, 0) is 9.53 Å². The van der Waals surface area contributed by atoms with E-state index in [1.807, 2.05) is 38.1 Å². The first-order valence-electron chi connectivity index (χ1n) is 9.58. The Morgan fingerprint density at radius 3 is 2.52 bits per heavy atom. The van der Waals surface area contributed by atoms with E-state index in [9.17, 15) is 15.2 Å². The summed E-state index contributed by atoms with van der Waals surface area (Å²) >= 11 is 0. The number of ether oxygens (including phenoxy) is 1. The van der Waals surface area contributed by atoms with Gasteiger partial charge in [0.1, 0.15) is 6.04 Å². The van der Waals surface area contributed by atoms with Crippen molar-refractivity contribution in [3.8, 4) is 17.9 Å². The molecule has 2 fully saturated rings. The van der Waals surface area contributed by atoms with Crippen LogP contribution in [0.25, 0.3) is 0 Å². The van der Waals surface area contributed by atoms with E-state index in [4.69, 9.17) is 4.74 Å². The van der Waals surface area contributed by atoms with Crippen molar-refractivity contribution >= 4 is 5.91 Å². The zero-order chi connectivity index (χ0) is 19.4. The fraction of sp³-hybridized carbons (Fsp3) is 0.545. The van der Waals surface area contributed by atoms with Crippen molar-refractivity contribution < 1.29 is 14.6 Å². The van der Waals surface area contributed by atoms with Gasteiger partial charge in [-0.3, -0.25) is 4.79 Å². The Kier molecular flexibility index (Phi) is 6.16. The maximum Gasteiger partial charge on any atom is 0.227 e. The first kappa shape index (κ1) is 19.4. The summed E-state index contributed by atoms with van der Waals surface area (Å²) in [6, 6.07) is 9.18. The van der Waals surface area contributed by atoms with Gasteiger partial charge in [0.15, 0.2) is 0 Å². The molecule has 142 valence electrons. The molecule has 1 aromatic rings. The van der Waals surface area contributed by atoms with Gasteiger partial charge in [-0.05, 0) is 30.5 Å². The van der Waals surface area contributed by atoms with Crippen LogP contribution in [0.4, 0.5) is 0 Å². The van der Waals surface area contributed by atoms with E-state index in [0.29, 0.717) is 32.0 Å². The summed E-state index contributed by atoms with van der Waals surface area (Å²) < 4.78 is 5.33. The molecule has 0 spiro atoms. The van der Waals surface area contributed by atoms with Gasteiger partial charge in [-0.2, -0.15) is 5.26 Å². The Hall–Kier alpha value is -2.34. The van der Waals surface area contributed by atoms with Crippen molar-refractivity contribution in [1.29, 1.82) is 5.26 Å². The quantitative estimate of drug-likeness (QED) is 0.833. The van der Waals surface area contributed by atoms with Crippen LogP contribution in [0.1, 0.15) is 43.7 Å². The predicted octanol–water partition coefficient (Wildman–Crippen LogP) is 2.30. The van der Waals surface area contributed by atoms with Crippen molar-refractivity contribution in [3.63, 3.8) is 0 Å². The Morgan fingerprint density at radius 2 is 1.96 bits per heavy atom. The zero-order valence-electron chi connectivity index (χ0n) is 15.9. The molecule has 0 saturated carbocycles. The molecule has 1 N–H and O–H groups in total. The van der Waals surface area contributed by atoms with Crippen molar-refractivity contribution in [1.82, 2.24) is 4.90 Å². The number of nitrogens with zero attached hydrogens (tertiary/aromatic N) is 2. The first-order valence-corrected chi connectivity index (χ1v) is 9.58. The van der Waals surface area contributed by atoms with Crippen LogP contribution in [-0.4, -0.2) is 47.8 Å². The van der Waals surface area contributed by atoms with E-state index in [2.05, 4.69) is 17.9 Å². The van der Waals surface area contributed by atoms with E-state index in [0.717, 1.165) is 11.1 Å². The smallest absolute Gasteiger partial charge is 0.227 e. The van der Waals surface area contributed by atoms with Gasteiger partial charge in [-0.15, -0.1) is 0 Å². The van der Waals surface area contributed by atoms with Crippen molar-refractivity contribution in [2.45, 2.75) is 44.7 Å². The number of nitriles is 1. The number of carbonyl (C=O) groups is 1. The number of amides is 1. The van der Waals surface area contributed by atoms with Gasteiger partial charge in [0.2, 0.25) is 5.91 Å². The van der Waals surface area contributed by atoms with Crippen LogP contribution >= 0.6 is 0 Å². The average Bonchev–Trinajstić information content (AvgIpc) is 2.67. The normalized spacial score (nSPS) is 25.3. The number of rotatable bonds is 3. The molecule has 1 aromatic carbocycles. The monoisotopic (exact) mass is 366 g/mol. The number of hydrogen-bond donors (Lipinski definition) is 1. The second kappa shape index (κ2) is 8.57. The van der Waals surface area contributed by atoms with Crippen LogP contribution < -0.4 is 0 Å². The van der Waals surface area contributed by atoms with Crippen molar-refractivity contribution in [2.75, 3.05) is 19.8 Å². The highest BCUT2D eigenvalue weighted by Gasteiger charge is 2.52. The van der Waals surface area contributed by atoms with Crippen LogP contribution in [0.5, 0.6) is 0 Å². The third kappa shape index (κ3) is 4.00. The third-order valence-corrected chi connectivity index (χ3v) is 5.36. The molecule has 5 heteroatoms. The molecule has 0 aliphatic carbocycles. The fourth-order valence-electron chi connectivity index (χ4n) is 3.88. The third-order valence-electron chi connectivity index (χ3n) is 5.36. The van der Waals surface area contributed by atoms with Crippen molar-refractivity contribution in [3.05, 3.63) is 35.4 Å². The molecule has 3 rings (SSSR count). The minimum Gasteiger partial charge on any atom is -0.394 e. The van der Waals surface area contributed by atoms with Gasteiger partial charge in [-0.25, -0.2) is 0 Å². The lowest BCUT2D eigenvalue weighted by molar-refractivity contribution is -0.154. The summed E-state index contributed by atoms with van der Waals surface area (Å²) in [7, 11) is 0. The SMILES string of the molecule is CC(C)C#Cc1ccc([C@H]2[C@@H](C#N)N(C(=O)C3CCOCC3)[C@H]2CO)cc1. The minimum atomic E-state index is -0.537. The Balaban J connectivity index is 1.77. The van der Waals surface area contributed by atoms with E-state index in [1.54, 1.807) is 4.90 Å². The highest BCUT2D eigenvalue weighted by Crippen LogP contribution is 2.42. The fourth-order valence-corrected chi connectivity index (χ4v) is 3.88. The summed E-state index contributed by atoms with van der Waals surface area (Å²) in [4.78, 5) is 14.5. The minimum absolute atomic E-state index is 0.0282. The number of aliphatic hydroxyl groups excluding tert-OH is 1. The Bertz CT molecular complexity index is 763. The standard InChI is InChI=1S/C22H26N2O3/c1-15(2)3-4-16-5-7-17(8-6-16)21-19(13-23)24(20(21)14-25)22(26)18-9-11-27-12-10-18/h5-8,15,18-21,25H,9-12,14H2,1-2H3/t19-,20+,21+/m1/s1. The molecular formula is C22H26N2O3. The molecule has 2 aliphatic heterocycles. The highest BCUT2D eigenvalue weighted by atomic mass is 16.5. The number of aliphatic hydroxyl groups is 1. The first-order chi connectivity index (χ1) is 13.1. The molecule has 3 atom stereocenters. The Morgan fingerprint density at radius 1 is 1.30 bits per heavy atom. The lowest BCUT2D eigenvalue weighted by atomic mass is 9.74. The maximum absolute atomic E-state index is 12.9. The van der Waals surface area contributed by atoms with Crippen LogP contribution in [0.15, 0.2) is 24.3 Å². The number of benzene rings is 1. The van der Waals surface area contributed by atoms with Gasteiger partial charge in [0, 0.05) is 36.5 Å². The molecular weight excluding hydrogens is 340 g/mol. The van der Waals surface area contributed by atoms with E-state index in [1.165, 1.54) is 0 Å². The van der Waals surface area contributed by atoms with Crippen LogP contribution in [0.2, 0.25) is 0 Å². The average molecular weight is 366 g/mol. The second-order valence-electron chi connectivity index (χ2n) is 7.53. The summed E-state index contributed by atoms with van der Waals surface area (Å²) in [5, 5.41) is 19.6. The molecule has 0 aromatic heterocycles. The zero-order valence-corrected chi connectivity index (χ0v) is 15.9. The largest absolute Gasteiger partial charge is 0.394 e. The number of carbonyl (C=O) groups excluding carboxylic acids is 1. The lowest BCUT2D eigenvalue weighted by Crippen LogP contribution is -2.66. The van der Waals surface area contributed by atoms with Gasteiger partial charge in [0.05, 0.1) is 18.7 Å². The lowest BCUT2D eigenvalue weighted by Gasteiger charge is -2.52. The van der Waals surface area contributed by atoms with Crippen LogP contribution in [0, 0.1) is 35.0 Å². The van der Waals surface area contributed by atoms with Gasteiger partial charge in [0.25, 0.3) is 0 Å². The summed E-state index contributed by atoms with van der Waals surface area (Å²) in [5.74, 6) is 6.25. The number of hydrogen-bond acceptors (Lipinski definition) is 4. The molecule has 0 radical (unpaired) electrons. The molecule has 0 unspecified atom stereocenters.